The average molecular weight is 397 g/mol. The van der Waals surface area contributed by atoms with Gasteiger partial charge in [0.2, 0.25) is 5.88 Å². The number of nitrogens with zero attached hydrogens (tertiary/aromatic N) is 6. The van der Waals surface area contributed by atoms with Crippen molar-refractivity contribution in [1.29, 1.82) is 5.26 Å². The van der Waals surface area contributed by atoms with E-state index in [-0.39, 0.29) is 11.8 Å². The van der Waals surface area contributed by atoms with Crippen molar-refractivity contribution >= 4 is 11.6 Å². The van der Waals surface area contributed by atoms with E-state index in [0.29, 0.717) is 28.3 Å². The fourth-order valence-electron chi connectivity index (χ4n) is 2.77. The molecule has 146 valence electrons. The molecular weight excluding hydrogens is 382 g/mol. The first kappa shape index (κ1) is 18.8. The Bertz CT molecular complexity index is 1250. The molecule has 0 atom stereocenters. The van der Waals surface area contributed by atoms with Gasteiger partial charge in [0.05, 0.1) is 5.69 Å². The van der Waals surface area contributed by atoms with Crippen molar-refractivity contribution in [3.05, 3.63) is 83.8 Å². The highest BCUT2D eigenvalue weighted by atomic mass is 16.5. The number of pyridine rings is 1. The van der Waals surface area contributed by atoms with Crippen LogP contribution in [0, 0.1) is 18.3 Å². The zero-order chi connectivity index (χ0) is 20.9. The van der Waals surface area contributed by atoms with Crippen LogP contribution >= 0.6 is 0 Å². The Kier molecular flexibility index (Phi) is 5.13. The Hall–Kier alpha value is -4.58. The predicted molar refractivity (Wildman–Crippen MR) is 107 cm³/mol. The molecule has 2 heterocycles. The third kappa shape index (κ3) is 3.98. The molecule has 2 aromatic carbocycles. The molecule has 0 saturated heterocycles. The lowest BCUT2D eigenvalue weighted by molar-refractivity contribution is 0.102. The summed E-state index contributed by atoms with van der Waals surface area (Å²) in [5.74, 6) is 0.482. The van der Waals surface area contributed by atoms with Gasteiger partial charge in [-0.15, -0.1) is 5.10 Å². The number of anilines is 1. The molecule has 9 nitrogen and oxygen atoms in total. The minimum absolute atomic E-state index is 0.232. The summed E-state index contributed by atoms with van der Waals surface area (Å²) >= 11 is 0. The number of amides is 1. The number of benzene rings is 2. The Morgan fingerprint density at radius 1 is 1.17 bits per heavy atom. The Morgan fingerprint density at radius 2 is 2.07 bits per heavy atom. The van der Waals surface area contributed by atoms with Crippen molar-refractivity contribution < 1.29 is 9.53 Å². The molecule has 0 spiro atoms. The first-order valence-corrected chi connectivity index (χ1v) is 8.92. The minimum Gasteiger partial charge on any atom is -0.438 e. The topological polar surface area (TPSA) is 119 Å². The second-order valence-corrected chi connectivity index (χ2v) is 6.31. The third-order valence-corrected chi connectivity index (χ3v) is 4.27. The van der Waals surface area contributed by atoms with Crippen LogP contribution in [0.4, 0.5) is 5.69 Å². The molecule has 4 rings (SSSR count). The largest absolute Gasteiger partial charge is 0.438 e. The highest BCUT2D eigenvalue weighted by Gasteiger charge is 2.11. The van der Waals surface area contributed by atoms with Gasteiger partial charge in [-0.05, 0) is 71.4 Å². The van der Waals surface area contributed by atoms with Crippen molar-refractivity contribution in [2.45, 2.75) is 6.92 Å². The second kappa shape index (κ2) is 8.20. The molecule has 1 N–H and O–H groups in total. The van der Waals surface area contributed by atoms with Gasteiger partial charge in [-0.3, -0.25) is 4.79 Å². The molecule has 0 aliphatic rings. The van der Waals surface area contributed by atoms with Crippen molar-refractivity contribution in [1.82, 2.24) is 25.2 Å². The number of ether oxygens (including phenoxy) is 1. The van der Waals surface area contributed by atoms with Gasteiger partial charge < -0.3 is 10.1 Å². The molecule has 0 radical (unpaired) electrons. The number of aromatic nitrogens is 5. The molecule has 0 unspecified atom stereocenters. The van der Waals surface area contributed by atoms with Gasteiger partial charge in [-0.25, -0.2) is 9.67 Å². The number of nitriles is 1. The summed E-state index contributed by atoms with van der Waals surface area (Å²) in [4.78, 5) is 16.8. The monoisotopic (exact) mass is 397 g/mol. The number of hydrogen-bond acceptors (Lipinski definition) is 7. The fraction of sp³-hybridized carbons (Fsp3) is 0.0476. The molecule has 4 aromatic rings. The fourth-order valence-corrected chi connectivity index (χ4v) is 2.77. The molecule has 0 aliphatic heterocycles. The predicted octanol–water partition coefficient (Wildman–Crippen LogP) is 3.28. The van der Waals surface area contributed by atoms with Crippen LogP contribution in [0.15, 0.2) is 67.1 Å². The third-order valence-electron chi connectivity index (χ3n) is 4.27. The second-order valence-electron chi connectivity index (χ2n) is 6.31. The van der Waals surface area contributed by atoms with E-state index < -0.39 is 0 Å². The van der Waals surface area contributed by atoms with Gasteiger partial charge in [0.1, 0.15) is 23.7 Å². The van der Waals surface area contributed by atoms with E-state index in [9.17, 15) is 4.79 Å². The van der Waals surface area contributed by atoms with Crippen LogP contribution < -0.4 is 10.1 Å². The van der Waals surface area contributed by atoms with E-state index in [4.69, 9.17) is 10.00 Å². The zero-order valence-electron chi connectivity index (χ0n) is 15.9. The highest BCUT2D eigenvalue weighted by Crippen LogP contribution is 2.27. The smallest absolute Gasteiger partial charge is 0.255 e. The molecule has 30 heavy (non-hydrogen) atoms. The van der Waals surface area contributed by atoms with Crippen molar-refractivity contribution in [2.24, 2.45) is 0 Å². The maximum atomic E-state index is 12.7. The lowest BCUT2D eigenvalue weighted by Crippen LogP contribution is -2.13. The normalized spacial score (nSPS) is 10.3. The first-order chi connectivity index (χ1) is 14.6. The molecule has 9 heteroatoms. The number of nitrogens with one attached hydrogen (secondary N) is 1. The molecular formula is C21H15N7O2. The first-order valence-electron chi connectivity index (χ1n) is 8.92. The number of carbonyl (C=O) groups is 1. The standard InChI is InChI=1S/C21H15N7O2/c1-14-10-18(30-21-16(12-22)5-3-9-23-21)7-8-19(14)25-20(29)15-4-2-6-17(11-15)28-13-24-26-27-28/h2-11,13H,1H3,(H,25,29). The number of aryl methyl sites for hydroxylation is 1. The van der Waals surface area contributed by atoms with Gasteiger partial charge >= 0.3 is 0 Å². The lowest BCUT2D eigenvalue weighted by Gasteiger charge is -2.12. The van der Waals surface area contributed by atoms with Gasteiger partial charge in [-0.1, -0.05) is 6.07 Å². The van der Waals surface area contributed by atoms with Gasteiger partial charge in [0.25, 0.3) is 5.91 Å². The van der Waals surface area contributed by atoms with Crippen molar-refractivity contribution in [2.75, 3.05) is 5.32 Å². The SMILES string of the molecule is Cc1cc(Oc2ncccc2C#N)ccc1NC(=O)c1cccc(-n2cnnn2)c1. The van der Waals surface area contributed by atoms with E-state index in [1.807, 2.05) is 13.0 Å². The lowest BCUT2D eigenvalue weighted by atomic mass is 10.1. The molecule has 2 aromatic heterocycles. The minimum atomic E-state index is -0.266. The number of rotatable bonds is 5. The summed E-state index contributed by atoms with van der Waals surface area (Å²) in [5, 5.41) is 23.1. The van der Waals surface area contributed by atoms with Crippen LogP contribution in [0.1, 0.15) is 21.5 Å². The number of carbonyl (C=O) groups excluding carboxylic acids is 1. The summed E-state index contributed by atoms with van der Waals surface area (Å²) in [6.07, 6.45) is 3.01. The van der Waals surface area contributed by atoms with Crippen LogP contribution in [0.25, 0.3) is 5.69 Å². The number of hydrogen-bond donors (Lipinski definition) is 1. The Labute approximate surface area is 171 Å². The van der Waals surface area contributed by atoms with Gasteiger partial charge in [-0.2, -0.15) is 5.26 Å². The van der Waals surface area contributed by atoms with Crippen LogP contribution in [0.5, 0.6) is 11.6 Å². The molecule has 0 fully saturated rings. The van der Waals surface area contributed by atoms with E-state index in [0.717, 1.165) is 5.56 Å². The van der Waals surface area contributed by atoms with E-state index in [1.54, 1.807) is 60.8 Å². The summed E-state index contributed by atoms with van der Waals surface area (Å²) in [6.45, 7) is 1.85. The van der Waals surface area contributed by atoms with Crippen LogP contribution in [-0.2, 0) is 0 Å². The molecule has 1 amide bonds. The Morgan fingerprint density at radius 3 is 2.83 bits per heavy atom. The molecule has 0 aliphatic carbocycles. The van der Waals surface area contributed by atoms with Crippen molar-refractivity contribution in [3.8, 4) is 23.4 Å². The van der Waals surface area contributed by atoms with Gasteiger partial charge in [0.15, 0.2) is 0 Å². The van der Waals surface area contributed by atoms with Crippen LogP contribution in [0.2, 0.25) is 0 Å². The maximum absolute atomic E-state index is 12.7. The van der Waals surface area contributed by atoms with Crippen molar-refractivity contribution in [3.63, 3.8) is 0 Å². The van der Waals surface area contributed by atoms with E-state index >= 15 is 0 Å². The van der Waals surface area contributed by atoms with Crippen LogP contribution in [-0.4, -0.2) is 31.1 Å². The number of tetrazole rings is 1. The van der Waals surface area contributed by atoms with Gasteiger partial charge in [0, 0.05) is 17.4 Å². The van der Waals surface area contributed by atoms with E-state index in [2.05, 4.69) is 25.8 Å². The Balaban J connectivity index is 1.51. The summed E-state index contributed by atoms with van der Waals surface area (Å²) in [7, 11) is 0. The van der Waals surface area contributed by atoms with E-state index in [1.165, 1.54) is 11.0 Å². The summed E-state index contributed by atoms with van der Waals surface area (Å²) in [6, 6.07) is 17.5. The average Bonchev–Trinajstić information content (AvgIpc) is 3.31. The zero-order valence-corrected chi connectivity index (χ0v) is 15.9. The molecule has 0 saturated carbocycles. The molecule has 0 bridgehead atoms. The summed E-state index contributed by atoms with van der Waals surface area (Å²) in [5.41, 5.74) is 2.93. The maximum Gasteiger partial charge on any atom is 0.255 e. The summed E-state index contributed by atoms with van der Waals surface area (Å²) < 4.78 is 7.19. The van der Waals surface area contributed by atoms with Crippen LogP contribution in [0.3, 0.4) is 0 Å². The highest BCUT2D eigenvalue weighted by molar-refractivity contribution is 6.05. The quantitative estimate of drug-likeness (QED) is 0.549.